The second-order valence-corrected chi connectivity index (χ2v) is 6.17. The standard InChI is InChI=1S/C15H20N6O2/c22-14(17-11-4-5-11)13-18-15(23-19-13)12-3-1-7-20(12)9-10-21-8-2-6-16-21/h2,6,8,11-12H,1,3-5,7,9-10H2,(H,17,22). The van der Waals surface area contributed by atoms with E-state index in [2.05, 4.69) is 25.5 Å². The van der Waals surface area contributed by atoms with Crippen molar-refractivity contribution in [3.8, 4) is 0 Å². The second-order valence-electron chi connectivity index (χ2n) is 6.17. The average Bonchev–Trinajstić information content (AvgIpc) is 3.05. The molecule has 1 saturated carbocycles. The van der Waals surface area contributed by atoms with Gasteiger partial charge in [-0.15, -0.1) is 0 Å². The largest absolute Gasteiger partial charge is 0.346 e. The molecule has 2 aromatic heterocycles. The molecule has 0 aromatic carbocycles. The summed E-state index contributed by atoms with van der Waals surface area (Å²) in [5.74, 6) is 0.457. The van der Waals surface area contributed by atoms with Crippen molar-refractivity contribution in [2.45, 2.75) is 44.3 Å². The maximum absolute atomic E-state index is 12.0. The van der Waals surface area contributed by atoms with E-state index in [0.717, 1.165) is 45.3 Å². The van der Waals surface area contributed by atoms with Gasteiger partial charge in [0.05, 0.1) is 12.6 Å². The summed E-state index contributed by atoms with van der Waals surface area (Å²) in [7, 11) is 0. The number of hydrogen-bond donors (Lipinski definition) is 1. The minimum atomic E-state index is -0.233. The van der Waals surface area contributed by atoms with Gasteiger partial charge in [-0.2, -0.15) is 10.1 Å². The molecule has 2 aromatic rings. The van der Waals surface area contributed by atoms with Crippen molar-refractivity contribution in [1.29, 1.82) is 0 Å². The molecule has 1 amide bonds. The minimum Gasteiger partial charge on any atom is -0.346 e. The minimum absolute atomic E-state index is 0.0977. The van der Waals surface area contributed by atoms with E-state index < -0.39 is 0 Å². The Bertz CT molecular complexity index is 663. The predicted octanol–water partition coefficient (Wildman–Crippen LogP) is 0.995. The SMILES string of the molecule is O=C(NC1CC1)c1noc(C2CCCN2CCn2cccn2)n1. The first-order valence-electron chi connectivity index (χ1n) is 8.15. The smallest absolute Gasteiger partial charge is 0.292 e. The van der Waals surface area contributed by atoms with Gasteiger partial charge in [0.2, 0.25) is 5.89 Å². The van der Waals surface area contributed by atoms with Crippen molar-refractivity contribution >= 4 is 5.91 Å². The van der Waals surface area contributed by atoms with Crippen LogP contribution in [0.3, 0.4) is 0 Å². The normalized spacial score (nSPS) is 21.7. The Morgan fingerprint density at radius 2 is 2.26 bits per heavy atom. The molecule has 1 aliphatic heterocycles. The Labute approximate surface area is 133 Å². The third-order valence-electron chi connectivity index (χ3n) is 4.38. The fourth-order valence-electron chi connectivity index (χ4n) is 2.98. The lowest BCUT2D eigenvalue weighted by molar-refractivity contribution is 0.0937. The highest BCUT2D eigenvalue weighted by Crippen LogP contribution is 2.30. The molecule has 122 valence electrons. The quantitative estimate of drug-likeness (QED) is 0.855. The first kappa shape index (κ1) is 14.4. The van der Waals surface area contributed by atoms with Gasteiger partial charge in [0, 0.05) is 25.0 Å². The molecule has 0 radical (unpaired) electrons. The van der Waals surface area contributed by atoms with Crippen LogP contribution in [0, 0.1) is 0 Å². The van der Waals surface area contributed by atoms with Crippen LogP contribution >= 0.6 is 0 Å². The Kier molecular flexibility index (Phi) is 3.82. The summed E-state index contributed by atoms with van der Waals surface area (Å²) in [6.07, 6.45) is 7.89. The Morgan fingerprint density at radius 3 is 3.04 bits per heavy atom. The topological polar surface area (TPSA) is 89.1 Å². The number of carbonyl (C=O) groups excluding carboxylic acids is 1. The maximum Gasteiger partial charge on any atom is 0.292 e. The molecule has 1 saturated heterocycles. The van der Waals surface area contributed by atoms with E-state index in [0.29, 0.717) is 11.9 Å². The van der Waals surface area contributed by atoms with Crippen molar-refractivity contribution in [1.82, 2.24) is 30.1 Å². The molecule has 1 atom stereocenters. The van der Waals surface area contributed by atoms with E-state index in [1.165, 1.54) is 0 Å². The summed E-state index contributed by atoms with van der Waals surface area (Å²) < 4.78 is 7.27. The molecule has 0 bridgehead atoms. The van der Waals surface area contributed by atoms with Crippen LogP contribution < -0.4 is 5.32 Å². The van der Waals surface area contributed by atoms with Gasteiger partial charge in [-0.3, -0.25) is 14.4 Å². The number of nitrogens with zero attached hydrogens (tertiary/aromatic N) is 5. The molecule has 8 heteroatoms. The number of rotatable bonds is 6. The monoisotopic (exact) mass is 316 g/mol. The zero-order chi connectivity index (χ0) is 15.6. The van der Waals surface area contributed by atoms with Crippen LogP contribution in [0.25, 0.3) is 0 Å². The fourth-order valence-corrected chi connectivity index (χ4v) is 2.98. The van der Waals surface area contributed by atoms with Crippen molar-refractivity contribution in [2.24, 2.45) is 0 Å². The van der Waals surface area contributed by atoms with Crippen molar-refractivity contribution < 1.29 is 9.32 Å². The summed E-state index contributed by atoms with van der Waals surface area (Å²) in [6, 6.07) is 2.31. The molecule has 1 aliphatic carbocycles. The predicted molar refractivity (Wildman–Crippen MR) is 80.6 cm³/mol. The van der Waals surface area contributed by atoms with Crippen molar-refractivity contribution in [3.63, 3.8) is 0 Å². The lowest BCUT2D eigenvalue weighted by atomic mass is 10.2. The molecule has 1 unspecified atom stereocenters. The fraction of sp³-hybridized carbons (Fsp3) is 0.600. The Balaban J connectivity index is 1.39. The van der Waals surface area contributed by atoms with Gasteiger partial charge in [-0.25, -0.2) is 0 Å². The van der Waals surface area contributed by atoms with Gasteiger partial charge in [0.25, 0.3) is 11.7 Å². The van der Waals surface area contributed by atoms with Gasteiger partial charge in [-0.05, 0) is 38.3 Å². The molecule has 4 rings (SSSR count). The highest BCUT2D eigenvalue weighted by Gasteiger charge is 2.32. The Hall–Kier alpha value is -2.22. The van der Waals surface area contributed by atoms with E-state index in [9.17, 15) is 4.79 Å². The number of hydrogen-bond acceptors (Lipinski definition) is 6. The Morgan fingerprint density at radius 1 is 1.35 bits per heavy atom. The summed E-state index contributed by atoms with van der Waals surface area (Å²) in [5, 5.41) is 10.9. The van der Waals surface area contributed by atoms with Crippen LogP contribution in [-0.2, 0) is 6.54 Å². The molecule has 2 aliphatic rings. The molecule has 23 heavy (non-hydrogen) atoms. The zero-order valence-corrected chi connectivity index (χ0v) is 12.9. The number of nitrogens with one attached hydrogen (secondary N) is 1. The first-order chi connectivity index (χ1) is 11.3. The third kappa shape index (κ3) is 3.26. The molecular weight excluding hydrogens is 296 g/mol. The molecular formula is C15H20N6O2. The summed E-state index contributed by atoms with van der Waals surface area (Å²) in [4.78, 5) is 18.6. The molecule has 0 spiro atoms. The van der Waals surface area contributed by atoms with Crippen molar-refractivity contribution in [3.05, 3.63) is 30.2 Å². The van der Waals surface area contributed by atoms with E-state index in [4.69, 9.17) is 4.52 Å². The van der Waals surface area contributed by atoms with Crippen LogP contribution in [0.1, 0.15) is 48.2 Å². The highest BCUT2D eigenvalue weighted by atomic mass is 16.5. The van der Waals surface area contributed by atoms with Gasteiger partial charge in [-0.1, -0.05) is 5.16 Å². The van der Waals surface area contributed by atoms with E-state index >= 15 is 0 Å². The van der Waals surface area contributed by atoms with Crippen LogP contribution in [0.15, 0.2) is 23.0 Å². The lowest BCUT2D eigenvalue weighted by Crippen LogP contribution is -2.28. The number of aromatic nitrogens is 4. The van der Waals surface area contributed by atoms with E-state index in [1.807, 2.05) is 16.9 Å². The van der Waals surface area contributed by atoms with Gasteiger partial charge in [0.1, 0.15) is 0 Å². The molecule has 2 fully saturated rings. The van der Waals surface area contributed by atoms with Crippen LogP contribution in [0.5, 0.6) is 0 Å². The highest BCUT2D eigenvalue weighted by molar-refractivity contribution is 5.90. The maximum atomic E-state index is 12.0. The van der Waals surface area contributed by atoms with Crippen LogP contribution in [-0.4, -0.2) is 49.9 Å². The number of carbonyl (C=O) groups is 1. The molecule has 3 heterocycles. The van der Waals surface area contributed by atoms with Gasteiger partial charge in [0.15, 0.2) is 0 Å². The van der Waals surface area contributed by atoms with E-state index in [1.54, 1.807) is 6.20 Å². The van der Waals surface area contributed by atoms with Crippen LogP contribution in [0.4, 0.5) is 0 Å². The van der Waals surface area contributed by atoms with E-state index in [-0.39, 0.29) is 17.8 Å². The van der Waals surface area contributed by atoms with Gasteiger partial charge < -0.3 is 9.84 Å². The summed E-state index contributed by atoms with van der Waals surface area (Å²) >= 11 is 0. The average molecular weight is 316 g/mol. The summed E-state index contributed by atoms with van der Waals surface area (Å²) in [5.41, 5.74) is 0. The third-order valence-corrected chi connectivity index (χ3v) is 4.38. The molecule has 8 nitrogen and oxygen atoms in total. The second kappa shape index (κ2) is 6.11. The first-order valence-corrected chi connectivity index (χ1v) is 8.15. The zero-order valence-electron chi connectivity index (χ0n) is 12.9. The number of likely N-dealkylation sites (tertiary alicyclic amines) is 1. The van der Waals surface area contributed by atoms with Crippen molar-refractivity contribution in [2.75, 3.05) is 13.1 Å². The van der Waals surface area contributed by atoms with Crippen LogP contribution in [0.2, 0.25) is 0 Å². The summed E-state index contributed by atoms with van der Waals surface area (Å²) in [6.45, 7) is 2.70. The lowest BCUT2D eigenvalue weighted by Gasteiger charge is -2.21. The van der Waals surface area contributed by atoms with Gasteiger partial charge >= 0.3 is 0 Å². The molecule has 1 N–H and O–H groups in total. The number of amides is 1.